The highest BCUT2D eigenvalue weighted by molar-refractivity contribution is 9.10. The summed E-state index contributed by atoms with van der Waals surface area (Å²) in [6, 6.07) is 7.16. The second-order valence-corrected chi connectivity index (χ2v) is 6.70. The Labute approximate surface area is 152 Å². The van der Waals surface area contributed by atoms with E-state index in [9.17, 15) is 9.59 Å². The van der Waals surface area contributed by atoms with Gasteiger partial charge in [0.25, 0.3) is 5.91 Å². The summed E-state index contributed by atoms with van der Waals surface area (Å²) in [6.07, 6.45) is 0. The number of halogens is 1. The molecule has 0 aliphatic heterocycles. The minimum absolute atomic E-state index is 0.116. The molecule has 0 saturated carbocycles. The van der Waals surface area contributed by atoms with Crippen LogP contribution in [0.25, 0.3) is 0 Å². The first-order valence-corrected chi connectivity index (χ1v) is 8.79. The number of methoxy groups -OCH3 is 2. The number of amides is 1. The third kappa shape index (κ3) is 4.86. The van der Waals surface area contributed by atoms with Crippen molar-refractivity contribution in [2.24, 2.45) is 0 Å². The smallest absolute Gasteiger partial charge is 0.357 e. The van der Waals surface area contributed by atoms with Crippen molar-refractivity contribution in [2.75, 3.05) is 27.4 Å². The van der Waals surface area contributed by atoms with Gasteiger partial charge in [0.2, 0.25) is 0 Å². The van der Waals surface area contributed by atoms with E-state index in [2.05, 4.69) is 25.7 Å². The molecule has 0 fully saturated rings. The summed E-state index contributed by atoms with van der Waals surface area (Å²) in [7, 11) is 2.89. The quantitative estimate of drug-likeness (QED) is 0.653. The lowest BCUT2D eigenvalue weighted by molar-refractivity contribution is 0.0594. The van der Waals surface area contributed by atoms with Crippen LogP contribution in [0.4, 0.5) is 0 Å². The van der Waals surface area contributed by atoms with Gasteiger partial charge in [-0.15, -0.1) is 11.3 Å². The molecule has 0 atom stereocenters. The first-order chi connectivity index (χ1) is 11.5. The molecule has 1 heterocycles. The van der Waals surface area contributed by atoms with Gasteiger partial charge in [0.05, 0.1) is 20.3 Å². The second-order valence-electron chi connectivity index (χ2n) is 4.84. The van der Waals surface area contributed by atoms with Gasteiger partial charge in [0.1, 0.15) is 5.01 Å². The van der Waals surface area contributed by atoms with Crippen molar-refractivity contribution in [3.8, 4) is 0 Å². The summed E-state index contributed by atoms with van der Waals surface area (Å²) in [6.45, 7) is 1.15. The molecule has 0 aliphatic carbocycles. The van der Waals surface area contributed by atoms with E-state index in [1.165, 1.54) is 18.4 Å². The Morgan fingerprint density at radius 3 is 2.58 bits per heavy atom. The molecule has 1 amide bonds. The summed E-state index contributed by atoms with van der Waals surface area (Å²) in [5.74, 6) is -0.602. The number of carbonyl (C=O) groups excluding carboxylic acids is 2. The Kier molecular flexibility index (Phi) is 6.89. The van der Waals surface area contributed by atoms with E-state index in [-0.39, 0.29) is 11.6 Å². The van der Waals surface area contributed by atoms with E-state index >= 15 is 0 Å². The maximum Gasteiger partial charge on any atom is 0.357 e. The van der Waals surface area contributed by atoms with Crippen molar-refractivity contribution in [1.82, 2.24) is 9.88 Å². The van der Waals surface area contributed by atoms with Crippen molar-refractivity contribution in [3.05, 3.63) is 50.4 Å². The molecule has 8 heteroatoms. The number of hydrogen-bond donors (Lipinski definition) is 0. The molecule has 24 heavy (non-hydrogen) atoms. The second kappa shape index (κ2) is 8.91. The Balaban J connectivity index is 2.15. The highest BCUT2D eigenvalue weighted by Gasteiger charge is 2.19. The van der Waals surface area contributed by atoms with Crippen LogP contribution in [0.5, 0.6) is 0 Å². The lowest BCUT2D eigenvalue weighted by Gasteiger charge is -2.21. The predicted molar refractivity (Wildman–Crippen MR) is 94.2 cm³/mol. The number of benzene rings is 1. The normalized spacial score (nSPS) is 10.5. The van der Waals surface area contributed by atoms with Crippen LogP contribution in [-0.2, 0) is 16.0 Å². The standard InChI is InChI=1S/C16H17BrN2O4S/c1-22-8-7-19(15(20)11-3-5-12(17)6-4-11)9-14-18-13(10-24-14)16(21)23-2/h3-6,10H,7-9H2,1-2H3. The number of thiazole rings is 1. The van der Waals surface area contributed by atoms with E-state index < -0.39 is 5.97 Å². The number of rotatable bonds is 7. The molecule has 0 N–H and O–H groups in total. The van der Waals surface area contributed by atoms with Gasteiger partial charge in [-0.1, -0.05) is 15.9 Å². The Morgan fingerprint density at radius 1 is 1.25 bits per heavy atom. The fraction of sp³-hybridized carbons (Fsp3) is 0.312. The van der Waals surface area contributed by atoms with Crippen LogP contribution in [0.15, 0.2) is 34.1 Å². The first-order valence-electron chi connectivity index (χ1n) is 7.11. The molecular formula is C16H17BrN2O4S. The molecule has 128 valence electrons. The highest BCUT2D eigenvalue weighted by Crippen LogP contribution is 2.17. The zero-order valence-electron chi connectivity index (χ0n) is 13.3. The average Bonchev–Trinajstić information content (AvgIpc) is 3.06. The van der Waals surface area contributed by atoms with E-state index in [0.29, 0.717) is 30.3 Å². The SMILES string of the molecule is COCCN(Cc1nc(C(=O)OC)cs1)C(=O)c1ccc(Br)cc1. The summed E-state index contributed by atoms with van der Waals surface area (Å²) in [5.41, 5.74) is 0.833. The largest absolute Gasteiger partial charge is 0.464 e. The van der Waals surface area contributed by atoms with Crippen LogP contribution >= 0.6 is 27.3 Å². The van der Waals surface area contributed by atoms with Crippen LogP contribution in [0.1, 0.15) is 25.9 Å². The van der Waals surface area contributed by atoms with Gasteiger partial charge >= 0.3 is 5.97 Å². The van der Waals surface area contributed by atoms with Gasteiger partial charge in [-0.2, -0.15) is 0 Å². The van der Waals surface area contributed by atoms with Crippen molar-refractivity contribution >= 4 is 39.1 Å². The molecule has 0 bridgehead atoms. The number of carbonyl (C=O) groups is 2. The fourth-order valence-corrected chi connectivity index (χ4v) is 3.02. The number of nitrogens with zero attached hydrogens (tertiary/aromatic N) is 2. The molecule has 0 saturated heterocycles. The molecule has 1 aromatic heterocycles. The fourth-order valence-electron chi connectivity index (χ4n) is 1.97. The minimum Gasteiger partial charge on any atom is -0.464 e. The van der Waals surface area contributed by atoms with Gasteiger partial charge in [0.15, 0.2) is 5.69 Å². The minimum atomic E-state index is -0.486. The van der Waals surface area contributed by atoms with Crippen LogP contribution in [0, 0.1) is 0 Å². The molecule has 2 aromatic rings. The monoisotopic (exact) mass is 412 g/mol. The Morgan fingerprint density at radius 2 is 1.96 bits per heavy atom. The molecule has 0 aliphatic rings. The van der Waals surface area contributed by atoms with E-state index in [1.807, 2.05) is 12.1 Å². The van der Waals surface area contributed by atoms with Gasteiger partial charge < -0.3 is 14.4 Å². The number of ether oxygens (including phenoxy) is 2. The van der Waals surface area contributed by atoms with Crippen LogP contribution in [0.2, 0.25) is 0 Å². The number of aromatic nitrogens is 1. The lowest BCUT2D eigenvalue weighted by atomic mass is 10.2. The summed E-state index contributed by atoms with van der Waals surface area (Å²) in [5, 5.41) is 2.29. The summed E-state index contributed by atoms with van der Waals surface area (Å²) < 4.78 is 10.6. The molecule has 0 spiro atoms. The van der Waals surface area contributed by atoms with Crippen molar-refractivity contribution in [3.63, 3.8) is 0 Å². The topological polar surface area (TPSA) is 68.7 Å². The van der Waals surface area contributed by atoms with Crippen LogP contribution < -0.4 is 0 Å². The maximum atomic E-state index is 12.7. The van der Waals surface area contributed by atoms with E-state index in [0.717, 1.165) is 4.47 Å². The molecular weight excluding hydrogens is 396 g/mol. The van der Waals surface area contributed by atoms with Gasteiger partial charge in [-0.05, 0) is 24.3 Å². The van der Waals surface area contributed by atoms with Gasteiger partial charge in [-0.3, -0.25) is 4.79 Å². The molecule has 2 rings (SSSR count). The molecule has 0 unspecified atom stereocenters. The van der Waals surface area contributed by atoms with Crippen LogP contribution in [-0.4, -0.2) is 49.1 Å². The zero-order chi connectivity index (χ0) is 17.5. The number of hydrogen-bond acceptors (Lipinski definition) is 6. The maximum absolute atomic E-state index is 12.7. The summed E-state index contributed by atoms with van der Waals surface area (Å²) >= 11 is 4.67. The van der Waals surface area contributed by atoms with Gasteiger partial charge in [-0.25, -0.2) is 9.78 Å². The third-order valence-electron chi connectivity index (χ3n) is 3.22. The molecule has 6 nitrogen and oxygen atoms in total. The van der Waals surface area contributed by atoms with Gasteiger partial charge in [0, 0.05) is 29.1 Å². The lowest BCUT2D eigenvalue weighted by Crippen LogP contribution is -2.33. The van der Waals surface area contributed by atoms with E-state index in [4.69, 9.17) is 4.74 Å². The average molecular weight is 413 g/mol. The van der Waals surface area contributed by atoms with Crippen molar-refractivity contribution < 1.29 is 19.1 Å². The third-order valence-corrected chi connectivity index (χ3v) is 4.58. The first kappa shape index (κ1) is 18.6. The Hall–Kier alpha value is -1.77. The molecule has 0 radical (unpaired) electrons. The van der Waals surface area contributed by atoms with Crippen molar-refractivity contribution in [1.29, 1.82) is 0 Å². The molecule has 1 aromatic carbocycles. The zero-order valence-corrected chi connectivity index (χ0v) is 15.7. The van der Waals surface area contributed by atoms with E-state index in [1.54, 1.807) is 29.5 Å². The Bertz CT molecular complexity index is 702. The predicted octanol–water partition coefficient (Wildman–Crippen LogP) is 2.98. The van der Waals surface area contributed by atoms with Crippen LogP contribution in [0.3, 0.4) is 0 Å². The highest BCUT2D eigenvalue weighted by atomic mass is 79.9. The number of esters is 1. The summed E-state index contributed by atoms with van der Waals surface area (Å²) in [4.78, 5) is 30.1. The van der Waals surface area contributed by atoms with Crippen molar-refractivity contribution in [2.45, 2.75) is 6.54 Å².